The first kappa shape index (κ1) is 39.6. The molecule has 1 aromatic rings. The molecule has 13 N–H and O–H groups in total. The minimum absolute atomic E-state index is 0.133. The number of hydrogen-bond donors (Lipinski definition) is 13. The van der Waals surface area contributed by atoms with Crippen molar-refractivity contribution in [1.82, 2.24) is 0 Å². The lowest BCUT2D eigenvalue weighted by molar-refractivity contribution is 0.221. The molecule has 1 rings (SSSR count). The van der Waals surface area contributed by atoms with Crippen molar-refractivity contribution in [2.24, 2.45) is 0 Å². The maximum absolute atomic E-state index is 9.63. The Kier molecular flexibility index (Phi) is 17.5. The third kappa shape index (κ3) is 41.5. The fourth-order valence-electron chi connectivity index (χ4n) is 0.867. The van der Waals surface area contributed by atoms with Crippen LogP contribution in [0.3, 0.4) is 0 Å². The Balaban J connectivity index is -0.000000390. The molecule has 0 unspecified atom stereocenters. The van der Waals surface area contributed by atoms with E-state index in [-0.39, 0.29) is 5.75 Å². The third-order valence-corrected chi connectivity index (χ3v) is 6.92. The highest BCUT2D eigenvalue weighted by atomic mass is 35.5. The van der Waals surface area contributed by atoms with Crippen LogP contribution in [-0.2, 0) is 40.3 Å². The molecule has 0 bridgehead atoms. The van der Waals surface area contributed by atoms with E-state index in [9.17, 15) is 27.4 Å². The molecule has 0 radical (unpaired) electrons. The van der Waals surface area contributed by atoms with Gasteiger partial charge in [-0.15, -0.1) is 0 Å². The SMILES string of the molecule is O=P(O)(O)OP(=O)(O)O.O=P(O)(O)OP(=O)(O)O.O=P(O)(O)OP(=O)(O)O.Oc1ccccc1Cl. The van der Waals surface area contributed by atoms with Crippen LogP contribution < -0.4 is 0 Å². The molecule has 0 atom stereocenters. The first-order chi connectivity index (χ1) is 14.9. The van der Waals surface area contributed by atoms with Crippen LogP contribution in [0.4, 0.5) is 0 Å². The van der Waals surface area contributed by atoms with Gasteiger partial charge in [0, 0.05) is 0 Å². The standard InChI is InChI=1S/C6H5ClO.3H4O7P2/c7-5-3-1-2-4-6(5)8;3*1-8(2,3)7-9(4,5)6/h1-4,8H;3*(H2,1,2,3)(H2,4,5,6). The summed E-state index contributed by atoms with van der Waals surface area (Å²) >= 11 is 5.46. The summed E-state index contributed by atoms with van der Waals surface area (Å²) in [5.74, 6) is 0.133. The van der Waals surface area contributed by atoms with E-state index in [0.717, 1.165) is 0 Å². The molecule has 1 aromatic carbocycles. The number of rotatable bonds is 6. The van der Waals surface area contributed by atoms with Crippen molar-refractivity contribution in [3.8, 4) is 5.75 Å². The lowest BCUT2D eigenvalue weighted by Crippen LogP contribution is -1.84. The van der Waals surface area contributed by atoms with Gasteiger partial charge in [0.15, 0.2) is 0 Å². The second-order valence-corrected chi connectivity index (χ2v) is 12.9. The minimum Gasteiger partial charge on any atom is -0.506 e. The van der Waals surface area contributed by atoms with E-state index in [2.05, 4.69) is 12.9 Å². The summed E-state index contributed by atoms with van der Waals surface area (Å²) in [5, 5.41) is 9.18. The third-order valence-electron chi connectivity index (χ3n) is 1.49. The molecule has 0 aliphatic carbocycles. The fraction of sp³-hybridized carbons (Fsp3) is 0. The predicted octanol–water partition coefficient (Wildman–Crippen LogP) is -0.389. The van der Waals surface area contributed by atoms with Crippen molar-refractivity contribution in [2.45, 2.75) is 0 Å². The second-order valence-electron chi connectivity index (χ2n) is 4.64. The number of phenolic OH excluding ortho intramolecular Hbond substituents is 1. The molecule has 0 heterocycles. The monoisotopic (exact) mass is 662 g/mol. The summed E-state index contributed by atoms with van der Waals surface area (Å²) in [4.78, 5) is 93.0. The Hall–Kier alpha value is 0.0900. The fourth-order valence-corrected chi connectivity index (χ4v) is 4.33. The normalized spacial score (nSPS) is 12.7. The molecule has 35 heavy (non-hydrogen) atoms. The number of phosphoric acid groups is 6. The van der Waals surface area contributed by atoms with Crippen molar-refractivity contribution in [3.05, 3.63) is 29.3 Å². The van der Waals surface area contributed by atoms with E-state index < -0.39 is 46.9 Å². The highest BCUT2D eigenvalue weighted by molar-refractivity contribution is 7.61. The van der Waals surface area contributed by atoms with Crippen LogP contribution >= 0.6 is 58.5 Å². The molecule has 210 valence electrons. The molecule has 0 saturated heterocycles. The van der Waals surface area contributed by atoms with Crippen molar-refractivity contribution in [3.63, 3.8) is 0 Å². The van der Waals surface area contributed by atoms with Crippen LogP contribution in [0, 0.1) is 0 Å². The quantitative estimate of drug-likeness (QED) is 0.172. The molecule has 0 spiro atoms. The Morgan fingerprint density at radius 2 is 0.686 bits per heavy atom. The van der Waals surface area contributed by atoms with E-state index in [0.29, 0.717) is 5.02 Å². The van der Waals surface area contributed by atoms with Gasteiger partial charge < -0.3 is 63.8 Å². The van der Waals surface area contributed by atoms with Gasteiger partial charge >= 0.3 is 46.9 Å². The zero-order valence-corrected chi connectivity index (χ0v) is 22.0. The molecule has 29 heteroatoms. The summed E-state index contributed by atoms with van der Waals surface area (Å²) in [5.41, 5.74) is 0. The van der Waals surface area contributed by atoms with Gasteiger partial charge in [0.2, 0.25) is 0 Å². The number of benzene rings is 1. The second kappa shape index (κ2) is 15.5. The topological polar surface area (TPSA) is 393 Å². The smallest absolute Gasteiger partial charge is 0.478 e. The summed E-state index contributed by atoms with van der Waals surface area (Å²) in [6.45, 7) is 0. The maximum atomic E-state index is 9.63. The van der Waals surface area contributed by atoms with Gasteiger partial charge in [0.1, 0.15) is 5.75 Å². The molecular weight excluding hydrogens is 645 g/mol. The number of phenols is 1. The van der Waals surface area contributed by atoms with Crippen LogP contribution in [0.5, 0.6) is 5.75 Å². The van der Waals surface area contributed by atoms with E-state index in [1.54, 1.807) is 24.3 Å². The van der Waals surface area contributed by atoms with Crippen molar-refractivity contribution in [2.75, 3.05) is 0 Å². The van der Waals surface area contributed by atoms with E-state index in [1.165, 1.54) is 0 Å². The Morgan fingerprint density at radius 1 is 0.486 bits per heavy atom. The van der Waals surface area contributed by atoms with Crippen LogP contribution in [0.2, 0.25) is 5.02 Å². The lowest BCUT2D eigenvalue weighted by atomic mass is 10.3. The molecule has 0 aliphatic heterocycles. The minimum atomic E-state index is -5.05. The van der Waals surface area contributed by atoms with E-state index in [1.807, 2.05) is 0 Å². The van der Waals surface area contributed by atoms with Gasteiger partial charge in [-0.1, -0.05) is 23.7 Å². The summed E-state index contributed by atoms with van der Waals surface area (Å²) in [6, 6.07) is 6.67. The van der Waals surface area contributed by atoms with Crippen LogP contribution in [-0.4, -0.2) is 63.8 Å². The Morgan fingerprint density at radius 3 is 0.771 bits per heavy atom. The van der Waals surface area contributed by atoms with Gasteiger partial charge in [0.05, 0.1) is 5.02 Å². The van der Waals surface area contributed by atoms with Gasteiger partial charge in [-0.3, -0.25) is 0 Å². The first-order valence-electron chi connectivity index (χ1n) is 6.83. The van der Waals surface area contributed by atoms with Crippen molar-refractivity contribution in [1.29, 1.82) is 0 Å². The van der Waals surface area contributed by atoms with Gasteiger partial charge in [0.25, 0.3) is 0 Å². The zero-order chi connectivity index (χ0) is 29.1. The van der Waals surface area contributed by atoms with Crippen LogP contribution in [0.1, 0.15) is 0 Å². The highest BCUT2D eigenvalue weighted by Crippen LogP contribution is 2.55. The van der Waals surface area contributed by atoms with Crippen LogP contribution in [0.25, 0.3) is 0 Å². The lowest BCUT2D eigenvalue weighted by Gasteiger charge is -2.03. The molecular formula is C6H17ClO22P6. The number of hydrogen-bond acceptors (Lipinski definition) is 10. The largest absolute Gasteiger partial charge is 0.506 e. The number of aromatic hydroxyl groups is 1. The van der Waals surface area contributed by atoms with E-state index in [4.69, 9.17) is 75.4 Å². The van der Waals surface area contributed by atoms with Gasteiger partial charge in [-0.25, -0.2) is 27.4 Å². The zero-order valence-electron chi connectivity index (χ0n) is 15.9. The Bertz CT molecular complexity index is 867. The highest BCUT2D eigenvalue weighted by Gasteiger charge is 2.29. The molecule has 0 amide bonds. The number of para-hydroxylation sites is 1. The van der Waals surface area contributed by atoms with Crippen LogP contribution in [0.15, 0.2) is 24.3 Å². The molecule has 22 nitrogen and oxygen atoms in total. The predicted molar refractivity (Wildman–Crippen MR) is 109 cm³/mol. The van der Waals surface area contributed by atoms with Crippen molar-refractivity contribution >= 4 is 58.5 Å². The summed E-state index contributed by atoms with van der Waals surface area (Å²) in [7, 11) is -30.3. The first-order valence-corrected chi connectivity index (χ1v) is 16.4. The van der Waals surface area contributed by atoms with E-state index >= 15 is 0 Å². The van der Waals surface area contributed by atoms with Crippen molar-refractivity contribution < 1.29 is 104 Å². The Labute approximate surface area is 198 Å². The van der Waals surface area contributed by atoms with Gasteiger partial charge in [-0.05, 0) is 12.1 Å². The molecule has 0 fully saturated rings. The molecule has 0 aliphatic rings. The average molecular weight is 662 g/mol. The average Bonchev–Trinajstić information content (AvgIpc) is 2.40. The summed E-state index contributed by atoms with van der Waals surface area (Å²) in [6.07, 6.45) is 0. The molecule has 0 saturated carbocycles. The molecule has 0 aromatic heterocycles. The van der Waals surface area contributed by atoms with Gasteiger partial charge in [-0.2, -0.15) is 12.9 Å². The summed E-state index contributed by atoms with van der Waals surface area (Å²) < 4.78 is 66.6. The maximum Gasteiger partial charge on any atom is 0.478 e. The number of halogens is 1.